The van der Waals surface area contributed by atoms with E-state index in [9.17, 15) is 23.5 Å². The van der Waals surface area contributed by atoms with E-state index in [1.807, 2.05) is 0 Å². The standard InChI is InChI=1S/C15H13F2NO4S/c1-22-13(20)7-10(12-3-2-4-23-12)18-15(21)14-9(17)5-8(16)6-11(14)19/h2-6,10,19H,7H2,1H3,(H,18,21)/t10-/m1/s1. The number of phenols is 1. The van der Waals surface area contributed by atoms with Gasteiger partial charge in [-0.05, 0) is 11.4 Å². The van der Waals surface area contributed by atoms with Gasteiger partial charge in [-0.15, -0.1) is 11.3 Å². The molecule has 0 spiro atoms. The fourth-order valence-electron chi connectivity index (χ4n) is 1.98. The first-order chi connectivity index (χ1) is 10.9. The lowest BCUT2D eigenvalue weighted by atomic mass is 10.1. The second kappa shape index (κ2) is 7.19. The summed E-state index contributed by atoms with van der Waals surface area (Å²) in [4.78, 5) is 24.3. The molecule has 0 saturated heterocycles. The molecule has 0 saturated carbocycles. The second-order valence-corrected chi connectivity index (χ2v) is 5.58. The van der Waals surface area contributed by atoms with Crippen molar-refractivity contribution in [3.8, 4) is 5.75 Å². The number of carbonyl (C=O) groups excluding carboxylic acids is 2. The number of aromatic hydroxyl groups is 1. The van der Waals surface area contributed by atoms with E-state index in [2.05, 4.69) is 10.1 Å². The molecule has 2 aromatic rings. The van der Waals surface area contributed by atoms with Gasteiger partial charge in [-0.2, -0.15) is 0 Å². The molecule has 23 heavy (non-hydrogen) atoms. The van der Waals surface area contributed by atoms with Crippen molar-refractivity contribution in [3.05, 3.63) is 51.7 Å². The monoisotopic (exact) mass is 341 g/mol. The fraction of sp³-hybridized carbons (Fsp3) is 0.200. The van der Waals surface area contributed by atoms with Crippen molar-refractivity contribution in [1.82, 2.24) is 5.32 Å². The van der Waals surface area contributed by atoms with Crippen molar-refractivity contribution in [1.29, 1.82) is 0 Å². The molecule has 1 heterocycles. The summed E-state index contributed by atoms with van der Waals surface area (Å²) < 4.78 is 31.3. The molecule has 8 heteroatoms. The van der Waals surface area contributed by atoms with E-state index in [0.717, 1.165) is 0 Å². The number of thiophene rings is 1. The van der Waals surface area contributed by atoms with Gasteiger partial charge in [-0.3, -0.25) is 9.59 Å². The van der Waals surface area contributed by atoms with Gasteiger partial charge < -0.3 is 15.2 Å². The SMILES string of the molecule is COC(=O)C[C@@H](NC(=O)c1c(O)cc(F)cc1F)c1cccs1. The molecule has 1 amide bonds. The molecule has 0 radical (unpaired) electrons. The lowest BCUT2D eigenvalue weighted by Gasteiger charge is -2.17. The number of nitrogens with one attached hydrogen (secondary N) is 1. The van der Waals surface area contributed by atoms with E-state index in [0.29, 0.717) is 17.0 Å². The molecule has 1 atom stereocenters. The highest BCUT2D eigenvalue weighted by Crippen LogP contribution is 2.26. The van der Waals surface area contributed by atoms with E-state index in [4.69, 9.17) is 0 Å². The van der Waals surface area contributed by atoms with Crippen LogP contribution >= 0.6 is 11.3 Å². The molecule has 1 aromatic heterocycles. The van der Waals surface area contributed by atoms with Crippen LogP contribution in [0.15, 0.2) is 29.6 Å². The molecule has 1 aromatic carbocycles. The summed E-state index contributed by atoms with van der Waals surface area (Å²) in [5, 5.41) is 13.8. The Hall–Kier alpha value is -2.48. The number of hydrogen-bond acceptors (Lipinski definition) is 5. The molecule has 0 aliphatic rings. The van der Waals surface area contributed by atoms with Crippen LogP contribution in [-0.2, 0) is 9.53 Å². The molecule has 0 unspecified atom stereocenters. The highest BCUT2D eigenvalue weighted by atomic mass is 32.1. The molecule has 0 fully saturated rings. The Balaban J connectivity index is 2.26. The van der Waals surface area contributed by atoms with Gasteiger partial charge in [0.1, 0.15) is 22.9 Å². The molecule has 122 valence electrons. The first kappa shape index (κ1) is 16.9. The van der Waals surface area contributed by atoms with Crippen LogP contribution in [0.3, 0.4) is 0 Å². The number of carbonyl (C=O) groups is 2. The van der Waals surface area contributed by atoms with Crippen molar-refractivity contribution < 1.29 is 28.2 Å². The van der Waals surface area contributed by atoms with Gasteiger partial charge in [0.15, 0.2) is 0 Å². The van der Waals surface area contributed by atoms with Gasteiger partial charge in [-0.25, -0.2) is 8.78 Å². The minimum atomic E-state index is -1.19. The first-order valence-electron chi connectivity index (χ1n) is 6.51. The van der Waals surface area contributed by atoms with Crippen LogP contribution in [0.4, 0.5) is 8.78 Å². The van der Waals surface area contributed by atoms with Crippen LogP contribution in [0.2, 0.25) is 0 Å². The van der Waals surface area contributed by atoms with E-state index in [1.54, 1.807) is 17.5 Å². The number of rotatable bonds is 5. The topological polar surface area (TPSA) is 75.6 Å². The van der Waals surface area contributed by atoms with Gasteiger partial charge in [0.2, 0.25) is 0 Å². The number of phenolic OH excluding ortho intramolecular Hbond substituents is 1. The van der Waals surface area contributed by atoms with Gasteiger partial charge in [-0.1, -0.05) is 6.07 Å². The Morgan fingerprint density at radius 1 is 1.39 bits per heavy atom. The Bertz CT molecular complexity index is 695. The van der Waals surface area contributed by atoms with Gasteiger partial charge in [0.25, 0.3) is 5.91 Å². The van der Waals surface area contributed by atoms with Crippen LogP contribution in [0.25, 0.3) is 0 Å². The smallest absolute Gasteiger partial charge is 0.307 e. The third-order valence-corrected chi connectivity index (χ3v) is 4.04. The zero-order valence-electron chi connectivity index (χ0n) is 12.0. The van der Waals surface area contributed by atoms with Crippen molar-refractivity contribution in [3.63, 3.8) is 0 Å². The van der Waals surface area contributed by atoms with E-state index in [1.165, 1.54) is 18.4 Å². The molecular formula is C15H13F2NO4S. The summed E-state index contributed by atoms with van der Waals surface area (Å²) in [6.45, 7) is 0. The summed E-state index contributed by atoms with van der Waals surface area (Å²) in [6.07, 6.45) is -0.160. The van der Waals surface area contributed by atoms with Crippen molar-refractivity contribution in [2.75, 3.05) is 7.11 Å². The fourth-order valence-corrected chi connectivity index (χ4v) is 2.76. The summed E-state index contributed by atoms with van der Waals surface area (Å²) in [5.41, 5.74) is -0.683. The number of benzene rings is 1. The van der Waals surface area contributed by atoms with Gasteiger partial charge in [0, 0.05) is 17.0 Å². The molecule has 0 aliphatic heterocycles. The Morgan fingerprint density at radius 3 is 2.70 bits per heavy atom. The summed E-state index contributed by atoms with van der Waals surface area (Å²) in [7, 11) is 1.21. The number of halogens is 2. The molecule has 5 nitrogen and oxygen atoms in total. The number of methoxy groups -OCH3 is 1. The second-order valence-electron chi connectivity index (χ2n) is 4.60. The number of ether oxygens (including phenoxy) is 1. The van der Waals surface area contributed by atoms with Crippen LogP contribution in [0.1, 0.15) is 27.7 Å². The number of amides is 1. The summed E-state index contributed by atoms with van der Waals surface area (Å²) in [6, 6.07) is 3.80. The van der Waals surface area contributed by atoms with E-state index < -0.39 is 40.9 Å². The van der Waals surface area contributed by atoms with Crippen LogP contribution in [0.5, 0.6) is 5.75 Å². The predicted octanol–water partition coefficient (Wildman–Crippen LogP) is 2.77. The molecule has 2 N–H and O–H groups in total. The van der Waals surface area contributed by atoms with Gasteiger partial charge in [0.05, 0.1) is 19.6 Å². The third-order valence-electron chi connectivity index (χ3n) is 3.05. The normalized spacial score (nSPS) is 11.8. The molecule has 0 bridgehead atoms. The van der Waals surface area contributed by atoms with Crippen LogP contribution in [-0.4, -0.2) is 24.1 Å². The average Bonchev–Trinajstić information content (AvgIpc) is 2.99. The molecule has 2 rings (SSSR count). The zero-order valence-corrected chi connectivity index (χ0v) is 12.8. The van der Waals surface area contributed by atoms with Gasteiger partial charge >= 0.3 is 5.97 Å². The van der Waals surface area contributed by atoms with Crippen molar-refractivity contribution in [2.45, 2.75) is 12.5 Å². The largest absolute Gasteiger partial charge is 0.507 e. The Labute approximate surface area is 134 Å². The number of esters is 1. The molecular weight excluding hydrogens is 328 g/mol. The maximum absolute atomic E-state index is 13.7. The highest BCUT2D eigenvalue weighted by molar-refractivity contribution is 7.10. The molecule has 0 aliphatic carbocycles. The lowest BCUT2D eigenvalue weighted by molar-refractivity contribution is -0.141. The van der Waals surface area contributed by atoms with Crippen LogP contribution < -0.4 is 5.32 Å². The first-order valence-corrected chi connectivity index (χ1v) is 7.39. The lowest BCUT2D eigenvalue weighted by Crippen LogP contribution is -2.30. The van der Waals surface area contributed by atoms with E-state index in [-0.39, 0.29) is 6.42 Å². The summed E-state index contributed by atoms with van der Waals surface area (Å²) in [5.74, 6) is -4.53. The van der Waals surface area contributed by atoms with Crippen molar-refractivity contribution in [2.24, 2.45) is 0 Å². The summed E-state index contributed by atoms with van der Waals surface area (Å²) >= 11 is 1.29. The van der Waals surface area contributed by atoms with Crippen molar-refractivity contribution >= 4 is 23.2 Å². The predicted molar refractivity (Wildman–Crippen MR) is 79.2 cm³/mol. The highest BCUT2D eigenvalue weighted by Gasteiger charge is 2.24. The maximum Gasteiger partial charge on any atom is 0.307 e. The number of hydrogen-bond donors (Lipinski definition) is 2. The minimum Gasteiger partial charge on any atom is -0.507 e. The quantitative estimate of drug-likeness (QED) is 0.820. The third kappa shape index (κ3) is 4.04. The van der Waals surface area contributed by atoms with E-state index >= 15 is 0 Å². The Morgan fingerprint density at radius 2 is 2.13 bits per heavy atom. The zero-order chi connectivity index (χ0) is 17.0. The Kier molecular flexibility index (Phi) is 5.28. The van der Waals surface area contributed by atoms with Crippen LogP contribution in [0, 0.1) is 11.6 Å². The maximum atomic E-state index is 13.7. The average molecular weight is 341 g/mol. The minimum absolute atomic E-state index is 0.160.